The summed E-state index contributed by atoms with van der Waals surface area (Å²) in [5.41, 5.74) is 3.47. The standard InChI is InChI=1S/C30H31ClN2O3S/c1-33(37(35,36)28-12-6-25(31)7-13-28)27-10-2-23(3-11-27)29(34)32-26-8-4-24(5-9-26)30-17-20-14-21(18-30)16-22(15-20)19-30/h2-13,20-22H,14-19H2,1H3,(H,32,34). The molecule has 4 saturated carbocycles. The lowest BCUT2D eigenvalue weighted by Gasteiger charge is -2.57. The average molecular weight is 535 g/mol. The first-order valence-corrected chi connectivity index (χ1v) is 14.8. The van der Waals surface area contributed by atoms with Crippen molar-refractivity contribution in [3.8, 4) is 0 Å². The second-order valence-corrected chi connectivity index (χ2v) is 13.6. The fraction of sp³-hybridized carbons (Fsp3) is 0.367. The molecular formula is C30H31ClN2O3S. The summed E-state index contributed by atoms with van der Waals surface area (Å²) in [6.45, 7) is 0. The van der Waals surface area contributed by atoms with E-state index in [1.54, 1.807) is 36.4 Å². The summed E-state index contributed by atoms with van der Waals surface area (Å²) in [6.07, 6.45) is 8.23. The molecule has 7 heteroatoms. The molecule has 4 aliphatic carbocycles. The highest BCUT2D eigenvalue weighted by molar-refractivity contribution is 7.92. The lowest BCUT2D eigenvalue weighted by molar-refractivity contribution is -0.00518. The van der Waals surface area contributed by atoms with Crippen LogP contribution in [0.3, 0.4) is 0 Å². The van der Waals surface area contributed by atoms with Gasteiger partial charge in [0.1, 0.15) is 0 Å². The summed E-state index contributed by atoms with van der Waals surface area (Å²) in [5, 5.41) is 3.46. The van der Waals surface area contributed by atoms with Crippen LogP contribution in [0, 0.1) is 17.8 Å². The molecule has 192 valence electrons. The zero-order valence-corrected chi connectivity index (χ0v) is 22.4. The first kappa shape index (κ1) is 24.5. The second-order valence-electron chi connectivity index (χ2n) is 11.2. The quantitative estimate of drug-likeness (QED) is 0.374. The van der Waals surface area contributed by atoms with E-state index in [1.165, 1.54) is 67.6 Å². The van der Waals surface area contributed by atoms with Gasteiger partial charge in [-0.2, -0.15) is 0 Å². The highest BCUT2D eigenvalue weighted by atomic mass is 35.5. The largest absolute Gasteiger partial charge is 0.322 e. The van der Waals surface area contributed by atoms with Gasteiger partial charge in [0.2, 0.25) is 0 Å². The van der Waals surface area contributed by atoms with Crippen LogP contribution in [0.15, 0.2) is 77.7 Å². The Morgan fingerprint density at radius 3 is 1.92 bits per heavy atom. The first-order chi connectivity index (χ1) is 17.7. The van der Waals surface area contributed by atoms with Crippen LogP contribution < -0.4 is 9.62 Å². The number of amides is 1. The molecule has 1 N–H and O–H groups in total. The van der Waals surface area contributed by atoms with Crippen molar-refractivity contribution in [2.45, 2.75) is 48.8 Å². The molecule has 4 aliphatic rings. The fourth-order valence-corrected chi connectivity index (χ4v) is 8.62. The van der Waals surface area contributed by atoms with Crippen LogP contribution in [0.5, 0.6) is 0 Å². The summed E-state index contributed by atoms with van der Waals surface area (Å²) < 4.78 is 27.1. The van der Waals surface area contributed by atoms with E-state index < -0.39 is 10.0 Å². The highest BCUT2D eigenvalue weighted by Crippen LogP contribution is 2.60. The highest BCUT2D eigenvalue weighted by Gasteiger charge is 2.51. The van der Waals surface area contributed by atoms with Gasteiger partial charge < -0.3 is 5.32 Å². The minimum absolute atomic E-state index is 0.151. The maximum absolute atomic E-state index is 12.9. The Kier molecular flexibility index (Phi) is 6.08. The molecule has 0 radical (unpaired) electrons. The Labute approximate surface area is 223 Å². The molecule has 1 amide bonds. The van der Waals surface area contributed by atoms with Crippen molar-refractivity contribution in [1.82, 2.24) is 0 Å². The molecule has 37 heavy (non-hydrogen) atoms. The maximum Gasteiger partial charge on any atom is 0.264 e. The van der Waals surface area contributed by atoms with Gasteiger partial charge in [0, 0.05) is 23.3 Å². The molecule has 3 aromatic rings. The molecule has 0 atom stereocenters. The van der Waals surface area contributed by atoms with E-state index in [0.29, 0.717) is 21.7 Å². The predicted molar refractivity (Wildman–Crippen MR) is 148 cm³/mol. The van der Waals surface area contributed by atoms with Gasteiger partial charge in [-0.3, -0.25) is 9.10 Å². The van der Waals surface area contributed by atoms with E-state index in [2.05, 4.69) is 17.4 Å². The van der Waals surface area contributed by atoms with Gasteiger partial charge in [0.25, 0.3) is 15.9 Å². The number of anilines is 2. The molecule has 7 rings (SSSR count). The lowest BCUT2D eigenvalue weighted by atomic mass is 9.48. The summed E-state index contributed by atoms with van der Waals surface area (Å²) >= 11 is 5.89. The number of sulfonamides is 1. The van der Waals surface area contributed by atoms with Crippen LogP contribution in [0.25, 0.3) is 0 Å². The number of carbonyl (C=O) groups excluding carboxylic acids is 1. The molecule has 4 bridgehead atoms. The van der Waals surface area contributed by atoms with Crippen molar-refractivity contribution in [3.63, 3.8) is 0 Å². The zero-order chi connectivity index (χ0) is 25.8. The van der Waals surface area contributed by atoms with E-state index in [1.807, 2.05) is 12.1 Å². The van der Waals surface area contributed by atoms with Crippen molar-refractivity contribution >= 4 is 38.9 Å². The van der Waals surface area contributed by atoms with Crippen molar-refractivity contribution in [2.75, 3.05) is 16.7 Å². The van der Waals surface area contributed by atoms with Gasteiger partial charge in [-0.25, -0.2) is 8.42 Å². The van der Waals surface area contributed by atoms with Crippen LogP contribution in [0.4, 0.5) is 11.4 Å². The first-order valence-electron chi connectivity index (χ1n) is 13.0. The summed E-state index contributed by atoms with van der Waals surface area (Å²) in [7, 11) is -2.25. The number of carbonyl (C=O) groups is 1. The monoisotopic (exact) mass is 534 g/mol. The number of benzene rings is 3. The summed E-state index contributed by atoms with van der Waals surface area (Å²) in [4.78, 5) is 13.0. The smallest absolute Gasteiger partial charge is 0.264 e. The Bertz CT molecular complexity index is 1380. The molecule has 0 heterocycles. The maximum atomic E-state index is 12.9. The third-order valence-corrected chi connectivity index (χ3v) is 10.8. The van der Waals surface area contributed by atoms with E-state index >= 15 is 0 Å². The topological polar surface area (TPSA) is 66.5 Å². The van der Waals surface area contributed by atoms with Gasteiger partial charge in [0.15, 0.2) is 0 Å². The third-order valence-electron chi connectivity index (χ3n) is 8.76. The minimum atomic E-state index is -3.74. The molecule has 0 aromatic heterocycles. The summed E-state index contributed by atoms with van der Waals surface area (Å²) in [5.74, 6) is 2.47. The fourth-order valence-electron chi connectivity index (χ4n) is 7.30. The van der Waals surface area contributed by atoms with Crippen LogP contribution in [0.1, 0.15) is 54.4 Å². The number of hydrogen-bond acceptors (Lipinski definition) is 3. The van der Waals surface area contributed by atoms with Crippen molar-refractivity contribution in [3.05, 3.63) is 88.9 Å². The van der Waals surface area contributed by atoms with E-state index in [-0.39, 0.29) is 10.8 Å². The summed E-state index contributed by atoms with van der Waals surface area (Å²) in [6, 6.07) is 21.1. The Morgan fingerprint density at radius 2 is 1.38 bits per heavy atom. The molecule has 0 unspecified atom stereocenters. The van der Waals surface area contributed by atoms with E-state index in [4.69, 9.17) is 11.6 Å². The molecular weight excluding hydrogens is 504 g/mol. The van der Waals surface area contributed by atoms with E-state index in [9.17, 15) is 13.2 Å². The van der Waals surface area contributed by atoms with Crippen molar-refractivity contribution in [2.24, 2.45) is 17.8 Å². The number of hydrogen-bond donors (Lipinski definition) is 1. The van der Waals surface area contributed by atoms with E-state index in [0.717, 1.165) is 23.4 Å². The molecule has 0 saturated heterocycles. The molecule has 4 fully saturated rings. The molecule has 0 spiro atoms. The van der Waals surface area contributed by atoms with Gasteiger partial charge in [-0.1, -0.05) is 23.7 Å². The molecule has 0 aliphatic heterocycles. The average Bonchev–Trinajstić information content (AvgIpc) is 2.88. The lowest BCUT2D eigenvalue weighted by Crippen LogP contribution is -2.48. The predicted octanol–water partition coefficient (Wildman–Crippen LogP) is 6.89. The number of rotatable bonds is 6. The molecule has 3 aromatic carbocycles. The zero-order valence-electron chi connectivity index (χ0n) is 20.9. The van der Waals surface area contributed by atoms with Gasteiger partial charge in [-0.15, -0.1) is 0 Å². The van der Waals surface area contributed by atoms with Crippen molar-refractivity contribution < 1.29 is 13.2 Å². The Hall–Kier alpha value is -2.83. The van der Waals surface area contributed by atoms with Crippen LogP contribution in [-0.2, 0) is 15.4 Å². The van der Waals surface area contributed by atoms with Crippen LogP contribution in [-0.4, -0.2) is 21.4 Å². The van der Waals surface area contributed by atoms with Gasteiger partial charge in [-0.05, 0) is 128 Å². The Balaban J connectivity index is 1.13. The normalized spacial score (nSPS) is 26.2. The van der Waals surface area contributed by atoms with Crippen LogP contribution in [0.2, 0.25) is 5.02 Å². The minimum Gasteiger partial charge on any atom is -0.322 e. The SMILES string of the molecule is CN(c1ccc(C(=O)Nc2ccc(C34CC5CC(CC(C5)C3)C4)cc2)cc1)S(=O)(=O)c1ccc(Cl)cc1. The number of nitrogens with zero attached hydrogens (tertiary/aromatic N) is 1. The third kappa shape index (κ3) is 4.55. The number of halogens is 1. The van der Waals surface area contributed by atoms with Crippen molar-refractivity contribution in [1.29, 1.82) is 0 Å². The van der Waals surface area contributed by atoms with Crippen LogP contribution >= 0.6 is 11.6 Å². The molecule has 5 nitrogen and oxygen atoms in total. The Morgan fingerprint density at radius 1 is 0.838 bits per heavy atom. The second kappa shape index (κ2) is 9.17. The van der Waals surface area contributed by atoms with Gasteiger partial charge in [0.05, 0.1) is 10.6 Å². The number of nitrogens with one attached hydrogen (secondary N) is 1. The van der Waals surface area contributed by atoms with Gasteiger partial charge >= 0.3 is 0 Å².